The molecule has 0 bridgehead atoms. The highest BCUT2D eigenvalue weighted by atomic mass is 32.1. The van der Waals surface area contributed by atoms with Crippen molar-refractivity contribution in [3.8, 4) is 56.3 Å². The average Bonchev–Trinajstić information content (AvgIpc) is 3.91. The lowest BCUT2D eigenvalue weighted by Crippen LogP contribution is -1.99. The summed E-state index contributed by atoms with van der Waals surface area (Å²) >= 11 is 1.82. The molecule has 6 heterocycles. The molecule has 0 unspecified atom stereocenters. The molecule has 0 amide bonds. The van der Waals surface area contributed by atoms with Crippen LogP contribution in [0.1, 0.15) is 0 Å². The average molecular weight is 1070 g/mol. The minimum atomic E-state index is 0.950. The van der Waals surface area contributed by atoms with Crippen LogP contribution >= 0.6 is 11.3 Å². The van der Waals surface area contributed by atoms with E-state index in [9.17, 15) is 0 Å². The minimum Gasteiger partial charge on any atom is -0.309 e. The van der Waals surface area contributed by atoms with E-state index in [0.29, 0.717) is 0 Å². The van der Waals surface area contributed by atoms with Gasteiger partial charge in [-0.25, -0.2) is 4.98 Å². The molecule has 18 rings (SSSR count). The molecule has 0 spiro atoms. The van der Waals surface area contributed by atoms with Crippen molar-refractivity contribution >= 4 is 119 Å². The van der Waals surface area contributed by atoms with E-state index in [2.05, 4.69) is 297 Å². The van der Waals surface area contributed by atoms with Crippen molar-refractivity contribution in [1.29, 1.82) is 0 Å². The number of pyridine rings is 1. The molecule has 0 fully saturated rings. The van der Waals surface area contributed by atoms with E-state index in [1.807, 2.05) is 17.5 Å². The van der Waals surface area contributed by atoms with Gasteiger partial charge >= 0.3 is 0 Å². The molecule has 0 N–H and O–H groups in total. The molecule has 0 saturated heterocycles. The predicted molar refractivity (Wildman–Crippen MR) is 351 cm³/mol. The van der Waals surface area contributed by atoms with E-state index in [-0.39, 0.29) is 0 Å². The molecule has 386 valence electrons. The zero-order chi connectivity index (χ0) is 54.3. The second kappa shape index (κ2) is 17.9. The monoisotopic (exact) mass is 1070 g/mol. The van der Waals surface area contributed by atoms with Gasteiger partial charge in [-0.3, -0.25) is 4.57 Å². The molecule has 0 radical (unpaired) electrons. The highest BCUT2D eigenvalue weighted by Gasteiger charge is 2.24. The van der Waals surface area contributed by atoms with Gasteiger partial charge in [-0.15, -0.1) is 11.3 Å². The normalized spacial score (nSPS) is 12.1. The summed E-state index contributed by atoms with van der Waals surface area (Å²) in [6.07, 6.45) is 1.99. The Balaban J connectivity index is 0.765. The van der Waals surface area contributed by atoms with Crippen LogP contribution < -0.4 is 0 Å². The summed E-state index contributed by atoms with van der Waals surface area (Å²) in [4.78, 5) is 5.20. The van der Waals surface area contributed by atoms with E-state index in [4.69, 9.17) is 4.98 Å². The van der Waals surface area contributed by atoms with Crippen LogP contribution in [0.2, 0.25) is 0 Å². The highest BCUT2D eigenvalue weighted by molar-refractivity contribution is 7.26. The van der Waals surface area contributed by atoms with Crippen LogP contribution in [-0.2, 0) is 0 Å². The Bertz CT molecular complexity index is 5620. The lowest BCUT2D eigenvalue weighted by Gasteiger charge is -2.16. The molecule has 0 aliphatic rings. The third-order valence-corrected chi connectivity index (χ3v) is 18.6. The van der Waals surface area contributed by atoms with Crippen molar-refractivity contribution in [3.05, 3.63) is 285 Å². The van der Waals surface area contributed by atoms with Crippen molar-refractivity contribution in [1.82, 2.24) is 23.3 Å². The van der Waals surface area contributed by atoms with E-state index in [1.54, 1.807) is 0 Å². The van der Waals surface area contributed by atoms with Gasteiger partial charge in [0.15, 0.2) is 5.82 Å². The van der Waals surface area contributed by atoms with Gasteiger partial charge in [0.05, 0.1) is 48.8 Å². The Morgan fingerprint density at radius 2 is 0.699 bits per heavy atom. The molecule has 0 aliphatic heterocycles. The summed E-state index contributed by atoms with van der Waals surface area (Å²) in [5.74, 6) is 0.950. The summed E-state index contributed by atoms with van der Waals surface area (Å²) in [6, 6.07) is 103. The second-order valence-corrected chi connectivity index (χ2v) is 22.9. The molecule has 0 saturated carbocycles. The highest BCUT2D eigenvalue weighted by Crippen LogP contribution is 2.45. The van der Waals surface area contributed by atoms with E-state index < -0.39 is 0 Å². The maximum Gasteiger partial charge on any atom is 0.155 e. The zero-order valence-electron chi connectivity index (χ0n) is 44.8. The molecule has 0 aliphatic carbocycles. The van der Waals surface area contributed by atoms with Gasteiger partial charge < -0.3 is 13.7 Å². The fourth-order valence-corrected chi connectivity index (χ4v) is 14.9. The summed E-state index contributed by atoms with van der Waals surface area (Å²) in [5, 5.41) is 12.3. The topological polar surface area (TPSA) is 32.6 Å². The van der Waals surface area contributed by atoms with Gasteiger partial charge in [-0.05, 0) is 130 Å². The maximum absolute atomic E-state index is 5.20. The fourth-order valence-electron chi connectivity index (χ4n) is 13.7. The Morgan fingerprint density at radius 1 is 0.241 bits per heavy atom. The van der Waals surface area contributed by atoms with Crippen LogP contribution in [0.4, 0.5) is 0 Å². The van der Waals surface area contributed by atoms with Crippen LogP contribution in [0.3, 0.4) is 0 Å². The Kier molecular flexibility index (Phi) is 9.90. The predicted octanol–water partition coefficient (Wildman–Crippen LogP) is 20.8. The van der Waals surface area contributed by atoms with E-state index in [0.717, 1.165) is 56.2 Å². The molecule has 18 aromatic rings. The lowest BCUT2D eigenvalue weighted by molar-refractivity contribution is 1.11. The quantitative estimate of drug-likeness (QED) is 0.157. The minimum absolute atomic E-state index is 0.950. The first-order valence-electron chi connectivity index (χ1n) is 28.3. The summed E-state index contributed by atoms with van der Waals surface area (Å²) < 4.78 is 12.2. The van der Waals surface area contributed by atoms with Crippen LogP contribution in [0.5, 0.6) is 0 Å². The van der Waals surface area contributed by atoms with Gasteiger partial charge in [0.1, 0.15) is 0 Å². The van der Waals surface area contributed by atoms with Gasteiger partial charge in [-0.2, -0.15) is 0 Å². The van der Waals surface area contributed by atoms with E-state index >= 15 is 0 Å². The summed E-state index contributed by atoms with van der Waals surface area (Å²) in [6.45, 7) is 0. The lowest BCUT2D eigenvalue weighted by atomic mass is 9.96. The number of hydrogen-bond donors (Lipinski definition) is 0. The van der Waals surface area contributed by atoms with Crippen LogP contribution in [0, 0.1) is 0 Å². The summed E-state index contributed by atoms with van der Waals surface area (Å²) in [7, 11) is 0. The smallest absolute Gasteiger partial charge is 0.155 e. The largest absolute Gasteiger partial charge is 0.309 e. The maximum atomic E-state index is 5.20. The molecule has 6 heteroatoms. The second-order valence-electron chi connectivity index (χ2n) is 21.9. The number of hydrogen-bond acceptors (Lipinski definition) is 2. The van der Waals surface area contributed by atoms with E-state index in [1.165, 1.54) is 107 Å². The number of aromatic nitrogens is 5. The van der Waals surface area contributed by atoms with Crippen molar-refractivity contribution in [2.45, 2.75) is 0 Å². The molecule has 83 heavy (non-hydrogen) atoms. The van der Waals surface area contributed by atoms with Crippen molar-refractivity contribution in [2.24, 2.45) is 0 Å². The Morgan fingerprint density at radius 3 is 1.30 bits per heavy atom. The van der Waals surface area contributed by atoms with Gasteiger partial charge in [0.25, 0.3) is 0 Å². The number of nitrogens with zero attached hydrogens (tertiary/aromatic N) is 5. The standard InChI is InChI=1S/C77H47N5S/c1-3-17-48(18-4-1)52-43-53(45-56(44-52)81-70-29-15-10-24-60(70)63-38-37-62-59-23-9-14-28-69(59)80(74(62)75(63)81)54-19-5-2-6-20-54)50-33-31-49(32-34-50)51-35-39-72-65(46-51)61-25-11-16-30-71(61)82(72)77-76-64(41-42-78-77)66-47-55(36-40-73(66)83-76)79-67-26-12-7-21-57(67)58-22-8-13-27-68(58)79/h1-47H. The van der Waals surface area contributed by atoms with Crippen molar-refractivity contribution in [2.75, 3.05) is 0 Å². The van der Waals surface area contributed by atoms with Gasteiger partial charge in [0, 0.05) is 81.8 Å². The van der Waals surface area contributed by atoms with Crippen LogP contribution in [0.15, 0.2) is 285 Å². The number of fused-ring (bicyclic) bond motifs is 16. The van der Waals surface area contributed by atoms with Gasteiger partial charge in [-0.1, -0.05) is 182 Å². The first kappa shape index (κ1) is 46.0. The summed E-state index contributed by atoms with van der Waals surface area (Å²) in [5.41, 5.74) is 19.8. The number of para-hydroxylation sites is 6. The van der Waals surface area contributed by atoms with Crippen LogP contribution in [0.25, 0.3) is 164 Å². The third-order valence-electron chi connectivity index (χ3n) is 17.4. The molecule has 0 atom stereocenters. The Labute approximate surface area is 480 Å². The number of benzene rings is 12. The SMILES string of the molecule is c1ccc(-c2cc(-c3ccc(-c4ccc5c(c4)c4ccccc4n5-c4nccc5c4sc4ccc(-n6c7ccccc7c7ccccc76)cc45)cc3)cc(-n3c4ccccc4c4ccc5c6ccccc6n(-c6ccccc6)c5c43)c2)cc1. The number of rotatable bonds is 7. The van der Waals surface area contributed by atoms with Gasteiger partial charge in [0.2, 0.25) is 0 Å². The fraction of sp³-hybridized carbons (Fsp3) is 0. The number of thiophene rings is 1. The first-order valence-corrected chi connectivity index (χ1v) is 29.2. The molecule has 6 aromatic heterocycles. The molecule has 5 nitrogen and oxygen atoms in total. The first-order chi connectivity index (χ1) is 41.2. The molecule has 12 aromatic carbocycles. The Hall–Kier alpha value is -10.8. The van der Waals surface area contributed by atoms with Crippen molar-refractivity contribution < 1.29 is 0 Å². The zero-order valence-corrected chi connectivity index (χ0v) is 45.6. The van der Waals surface area contributed by atoms with Crippen molar-refractivity contribution in [3.63, 3.8) is 0 Å². The molecular weight excluding hydrogens is 1030 g/mol. The third kappa shape index (κ3) is 6.85. The molecular formula is C77H47N5S. The van der Waals surface area contributed by atoms with Crippen LogP contribution in [-0.4, -0.2) is 23.3 Å².